The summed E-state index contributed by atoms with van der Waals surface area (Å²) in [6.45, 7) is 2.58. The molecule has 0 aliphatic rings. The van der Waals surface area contributed by atoms with Gasteiger partial charge in [0, 0.05) is 13.6 Å². The highest BCUT2D eigenvalue weighted by Crippen LogP contribution is 2.21. The summed E-state index contributed by atoms with van der Waals surface area (Å²) in [5, 5.41) is 7.18. The molecule has 0 bridgehead atoms. The maximum absolute atomic E-state index is 13.8. The summed E-state index contributed by atoms with van der Waals surface area (Å²) in [6.07, 6.45) is 0. The number of thioether (sulfide) groups is 1. The van der Waals surface area contributed by atoms with Crippen molar-refractivity contribution in [2.75, 3.05) is 12.8 Å². The second kappa shape index (κ2) is 8.14. The number of nitrogens with zero attached hydrogens (tertiary/aromatic N) is 3. The molecule has 0 aliphatic carbocycles. The number of aromatic amines is 1. The lowest BCUT2D eigenvalue weighted by molar-refractivity contribution is -0.127. The largest absolute Gasteiger partial charge is 0.341 e. The van der Waals surface area contributed by atoms with Gasteiger partial charge in [0.05, 0.1) is 11.3 Å². The van der Waals surface area contributed by atoms with Crippen LogP contribution in [0.5, 0.6) is 0 Å². The van der Waals surface area contributed by atoms with E-state index in [1.165, 1.54) is 23.4 Å². The van der Waals surface area contributed by atoms with Crippen LogP contribution < -0.4 is 0 Å². The molecular weight excluding hydrogens is 351 g/mol. The van der Waals surface area contributed by atoms with Crippen LogP contribution >= 0.6 is 11.8 Å². The van der Waals surface area contributed by atoms with Crippen LogP contribution in [0, 0.1) is 12.7 Å². The van der Waals surface area contributed by atoms with Crippen molar-refractivity contribution >= 4 is 17.7 Å². The van der Waals surface area contributed by atoms with Crippen molar-refractivity contribution in [3.63, 3.8) is 0 Å². The molecule has 0 atom stereocenters. The fourth-order valence-corrected chi connectivity index (χ4v) is 3.12. The molecule has 0 fully saturated rings. The van der Waals surface area contributed by atoms with Gasteiger partial charge in [0.2, 0.25) is 11.1 Å². The van der Waals surface area contributed by atoms with Crippen molar-refractivity contribution in [2.45, 2.75) is 18.6 Å². The fourth-order valence-electron chi connectivity index (χ4n) is 2.38. The molecule has 0 spiro atoms. The van der Waals surface area contributed by atoms with Crippen LogP contribution in [0.25, 0.3) is 11.4 Å². The number of aromatic nitrogens is 3. The Bertz CT molecular complexity index is 895. The molecule has 1 amide bonds. The average Bonchev–Trinajstić information content (AvgIpc) is 3.10. The van der Waals surface area contributed by atoms with Crippen LogP contribution in [0.1, 0.15) is 11.1 Å². The smallest absolute Gasteiger partial charge is 0.233 e. The second-order valence-corrected chi connectivity index (χ2v) is 6.91. The normalized spacial score (nSPS) is 10.7. The summed E-state index contributed by atoms with van der Waals surface area (Å²) in [6, 6.07) is 14.4. The van der Waals surface area contributed by atoms with Gasteiger partial charge in [-0.05, 0) is 24.6 Å². The van der Waals surface area contributed by atoms with Gasteiger partial charge in [0.15, 0.2) is 5.82 Å². The molecule has 3 aromatic rings. The molecule has 1 aromatic heterocycles. The molecule has 3 rings (SSSR count). The van der Waals surface area contributed by atoms with Crippen LogP contribution in [0.2, 0.25) is 0 Å². The first-order valence-electron chi connectivity index (χ1n) is 8.12. The first-order valence-corrected chi connectivity index (χ1v) is 9.11. The molecule has 0 saturated carbocycles. The molecule has 0 aliphatic heterocycles. The Morgan fingerprint density at radius 2 is 1.92 bits per heavy atom. The minimum absolute atomic E-state index is 0.0205. The van der Waals surface area contributed by atoms with Gasteiger partial charge in [0.25, 0.3) is 0 Å². The van der Waals surface area contributed by atoms with Gasteiger partial charge >= 0.3 is 0 Å². The molecule has 26 heavy (non-hydrogen) atoms. The van der Waals surface area contributed by atoms with E-state index < -0.39 is 0 Å². The first kappa shape index (κ1) is 18.1. The number of H-pyrrole nitrogens is 1. The lowest BCUT2D eigenvalue weighted by atomic mass is 10.1. The number of rotatable bonds is 6. The Morgan fingerprint density at radius 1 is 1.19 bits per heavy atom. The molecule has 0 unspecified atom stereocenters. The molecule has 5 nitrogen and oxygen atoms in total. The predicted molar refractivity (Wildman–Crippen MR) is 100 cm³/mol. The van der Waals surface area contributed by atoms with E-state index in [0.717, 1.165) is 5.56 Å². The van der Waals surface area contributed by atoms with Gasteiger partial charge in [-0.15, -0.1) is 5.10 Å². The fraction of sp³-hybridized carbons (Fsp3) is 0.211. The van der Waals surface area contributed by atoms with Crippen molar-refractivity contribution in [1.82, 2.24) is 20.1 Å². The summed E-state index contributed by atoms with van der Waals surface area (Å²) in [5.41, 5.74) is 2.62. The Hall–Kier alpha value is -2.67. The van der Waals surface area contributed by atoms with Crippen molar-refractivity contribution in [3.05, 3.63) is 65.5 Å². The summed E-state index contributed by atoms with van der Waals surface area (Å²) in [4.78, 5) is 18.2. The molecular formula is C19H19FN4OS. The van der Waals surface area contributed by atoms with E-state index in [-0.39, 0.29) is 17.5 Å². The first-order chi connectivity index (χ1) is 12.5. The molecule has 0 radical (unpaired) electrons. The molecule has 1 N–H and O–H groups in total. The number of hydrogen-bond donors (Lipinski definition) is 1. The van der Waals surface area contributed by atoms with Crippen molar-refractivity contribution in [2.24, 2.45) is 0 Å². The molecule has 7 heteroatoms. The maximum atomic E-state index is 13.8. The number of aryl methyl sites for hydroxylation is 1. The third-order valence-corrected chi connectivity index (χ3v) is 4.72. The third kappa shape index (κ3) is 4.49. The zero-order valence-electron chi connectivity index (χ0n) is 14.6. The van der Waals surface area contributed by atoms with Crippen LogP contribution in [-0.4, -0.2) is 38.8 Å². The van der Waals surface area contributed by atoms with E-state index in [1.54, 1.807) is 30.1 Å². The summed E-state index contributed by atoms with van der Waals surface area (Å²) in [7, 11) is 1.77. The minimum Gasteiger partial charge on any atom is -0.341 e. The van der Waals surface area contributed by atoms with Gasteiger partial charge in [-0.2, -0.15) is 0 Å². The van der Waals surface area contributed by atoms with Crippen molar-refractivity contribution in [1.29, 1.82) is 0 Å². The number of benzene rings is 2. The van der Waals surface area contributed by atoms with Crippen LogP contribution in [0.15, 0.2) is 53.7 Å². The predicted octanol–water partition coefficient (Wildman–Crippen LogP) is 3.67. The summed E-state index contributed by atoms with van der Waals surface area (Å²) < 4.78 is 13.8. The van der Waals surface area contributed by atoms with Gasteiger partial charge < -0.3 is 4.90 Å². The lowest BCUT2D eigenvalue weighted by Crippen LogP contribution is -2.27. The monoisotopic (exact) mass is 370 g/mol. The van der Waals surface area contributed by atoms with Crippen molar-refractivity contribution in [3.8, 4) is 11.4 Å². The number of amides is 1. The van der Waals surface area contributed by atoms with E-state index in [2.05, 4.69) is 15.2 Å². The summed E-state index contributed by atoms with van der Waals surface area (Å²) >= 11 is 1.22. The standard InChI is InChI=1S/C19H19FN4OS/c1-13-7-9-14(10-8-13)11-24(2)17(25)12-26-19-21-18(22-23-19)15-5-3-4-6-16(15)20/h3-10H,11-12H2,1-2H3,(H,21,22,23). The van der Waals surface area contributed by atoms with Gasteiger partial charge in [0.1, 0.15) is 5.82 Å². The summed E-state index contributed by atoms with van der Waals surface area (Å²) in [5.74, 6) is 0.185. The van der Waals surface area contributed by atoms with Gasteiger partial charge in [-0.25, -0.2) is 9.37 Å². The third-order valence-electron chi connectivity index (χ3n) is 3.88. The number of carbonyl (C=O) groups is 1. The Labute approximate surface area is 155 Å². The number of hydrogen-bond acceptors (Lipinski definition) is 4. The highest BCUT2D eigenvalue weighted by molar-refractivity contribution is 7.99. The maximum Gasteiger partial charge on any atom is 0.233 e. The van der Waals surface area contributed by atoms with E-state index in [1.807, 2.05) is 31.2 Å². The lowest BCUT2D eigenvalue weighted by Gasteiger charge is -2.16. The Morgan fingerprint density at radius 3 is 2.65 bits per heavy atom. The number of carbonyl (C=O) groups excluding carboxylic acids is 1. The zero-order chi connectivity index (χ0) is 18.5. The number of nitrogens with one attached hydrogen (secondary N) is 1. The average molecular weight is 370 g/mol. The van der Waals surface area contributed by atoms with E-state index in [4.69, 9.17) is 0 Å². The van der Waals surface area contributed by atoms with Gasteiger partial charge in [-0.1, -0.05) is 53.7 Å². The van der Waals surface area contributed by atoms with Gasteiger partial charge in [-0.3, -0.25) is 9.89 Å². The molecule has 134 valence electrons. The highest BCUT2D eigenvalue weighted by atomic mass is 32.2. The van der Waals surface area contributed by atoms with Crippen LogP contribution in [-0.2, 0) is 11.3 Å². The van der Waals surface area contributed by atoms with E-state index in [0.29, 0.717) is 23.1 Å². The van der Waals surface area contributed by atoms with Crippen LogP contribution in [0.4, 0.5) is 4.39 Å². The zero-order valence-corrected chi connectivity index (χ0v) is 15.4. The number of halogens is 1. The quantitative estimate of drug-likeness (QED) is 0.673. The van der Waals surface area contributed by atoms with E-state index in [9.17, 15) is 9.18 Å². The van der Waals surface area contributed by atoms with E-state index >= 15 is 0 Å². The Balaban J connectivity index is 1.56. The minimum atomic E-state index is -0.367. The SMILES string of the molecule is Cc1ccc(CN(C)C(=O)CSc2n[nH]c(-c3ccccc3F)n2)cc1. The van der Waals surface area contributed by atoms with Crippen molar-refractivity contribution < 1.29 is 9.18 Å². The second-order valence-electron chi connectivity index (χ2n) is 5.97. The molecule has 2 aromatic carbocycles. The molecule has 0 saturated heterocycles. The topological polar surface area (TPSA) is 61.9 Å². The molecule has 1 heterocycles. The Kier molecular flexibility index (Phi) is 5.68. The van der Waals surface area contributed by atoms with Crippen LogP contribution in [0.3, 0.4) is 0 Å². The highest BCUT2D eigenvalue weighted by Gasteiger charge is 2.14.